The van der Waals surface area contributed by atoms with Crippen LogP contribution in [-0.2, 0) is 12.8 Å². The van der Waals surface area contributed by atoms with E-state index >= 15 is 0 Å². The maximum absolute atomic E-state index is 4.61. The smallest absolute Gasteiger partial charge is 0.0438 e. The number of rotatable bonds is 0. The van der Waals surface area contributed by atoms with Gasteiger partial charge in [0, 0.05) is 11.4 Å². The van der Waals surface area contributed by atoms with Crippen LogP contribution in [0.25, 0.3) is 0 Å². The van der Waals surface area contributed by atoms with Crippen LogP contribution in [0.4, 0.5) is 0 Å². The highest BCUT2D eigenvalue weighted by Crippen LogP contribution is 2.21. The quantitative estimate of drug-likeness (QED) is 0.580. The molecule has 0 N–H and O–H groups in total. The van der Waals surface area contributed by atoms with Crippen LogP contribution in [0, 0.1) is 13.8 Å². The normalized spacial score (nSPS) is 11.6. The van der Waals surface area contributed by atoms with Gasteiger partial charge in [-0.2, -0.15) is 0 Å². The Morgan fingerprint density at radius 1 is 0.833 bits per heavy atom. The summed E-state index contributed by atoms with van der Waals surface area (Å²) < 4.78 is 0. The molecule has 1 heterocycles. The van der Waals surface area contributed by atoms with Gasteiger partial charge in [-0.3, -0.25) is 4.98 Å². The molecule has 0 aliphatic heterocycles. The monoisotopic (exact) mass is 251 g/mol. The number of hydrogen-bond donors (Lipinski definition) is 0. The van der Waals surface area contributed by atoms with Crippen LogP contribution in [-0.4, -0.2) is 4.98 Å². The molecule has 2 rings (SSSR count). The molecule has 0 bridgehead atoms. The molecule has 0 spiro atoms. The van der Waals surface area contributed by atoms with Crippen molar-refractivity contribution in [1.29, 1.82) is 0 Å². The van der Waals surface area contributed by atoms with Gasteiger partial charge in [0.05, 0.1) is 0 Å². The van der Waals surface area contributed by atoms with Gasteiger partial charge in [-0.05, 0) is 50.7 Å². The van der Waals surface area contributed by atoms with Gasteiger partial charge < -0.3 is 0 Å². The highest BCUT2D eigenvalue weighted by Gasteiger charge is 2.11. The van der Waals surface area contributed by atoms with Gasteiger partial charge in [0.15, 0.2) is 0 Å². The number of aromatic nitrogens is 1. The lowest BCUT2D eigenvalue weighted by atomic mass is 9.94. The van der Waals surface area contributed by atoms with Crippen molar-refractivity contribution in [3.63, 3.8) is 0 Å². The van der Waals surface area contributed by atoms with Crippen LogP contribution in [0.2, 0.25) is 0 Å². The van der Waals surface area contributed by atoms with Gasteiger partial charge in [-0.15, -0.1) is 0 Å². The van der Waals surface area contributed by atoms with E-state index in [2.05, 4.69) is 24.9 Å². The molecule has 1 aliphatic carbocycles. The molecule has 1 aromatic rings. The van der Waals surface area contributed by atoms with Crippen molar-refractivity contribution in [3.8, 4) is 0 Å². The molecule has 1 aromatic heterocycles. The molecule has 0 fully saturated rings. The first kappa shape index (κ1) is 19.5. The van der Waals surface area contributed by atoms with Crippen LogP contribution >= 0.6 is 0 Å². The lowest BCUT2D eigenvalue weighted by Crippen LogP contribution is -2.07. The first-order chi connectivity index (χ1) is 8.77. The van der Waals surface area contributed by atoms with E-state index < -0.39 is 0 Å². The Bertz CT molecular complexity index is 272. The Kier molecular flexibility index (Phi) is 13.6. The Morgan fingerprint density at radius 2 is 1.33 bits per heavy atom. The molecule has 1 aliphatic rings. The fourth-order valence-electron chi connectivity index (χ4n) is 1.85. The zero-order valence-corrected chi connectivity index (χ0v) is 13.9. The molecule has 0 amide bonds. The van der Waals surface area contributed by atoms with Crippen molar-refractivity contribution >= 4 is 0 Å². The summed E-state index contributed by atoms with van der Waals surface area (Å²) in [5.41, 5.74) is 5.39. The molecule has 1 nitrogen and oxygen atoms in total. The Balaban J connectivity index is 0. The third-order valence-corrected chi connectivity index (χ3v) is 2.74. The molecular formula is C17H33N. The van der Waals surface area contributed by atoms with Crippen LogP contribution in [0.5, 0.6) is 0 Å². The van der Waals surface area contributed by atoms with Crippen molar-refractivity contribution in [3.05, 3.63) is 28.6 Å². The largest absolute Gasteiger partial charge is 0.258 e. The summed E-state index contributed by atoms with van der Waals surface area (Å²) in [5.74, 6) is 0. The molecule has 0 saturated heterocycles. The average molecular weight is 251 g/mol. The van der Waals surface area contributed by atoms with Crippen molar-refractivity contribution in [2.75, 3.05) is 0 Å². The van der Waals surface area contributed by atoms with E-state index in [0.29, 0.717) is 0 Å². The minimum atomic E-state index is 1.19. The number of nitrogens with zero attached hydrogens (tertiary/aromatic N) is 1. The maximum atomic E-state index is 4.61. The van der Waals surface area contributed by atoms with Crippen molar-refractivity contribution in [2.45, 2.75) is 81.1 Å². The molecule has 18 heavy (non-hydrogen) atoms. The fourth-order valence-corrected chi connectivity index (χ4v) is 1.85. The maximum Gasteiger partial charge on any atom is 0.0438 e. The first-order valence-electron chi connectivity index (χ1n) is 7.73. The molecule has 0 aromatic carbocycles. The SMILES string of the molecule is CC.CC.CC.Cc1cc2c(nc1C)CCCC2. The Labute approximate surface area is 115 Å². The molecule has 1 heteroatoms. The fraction of sp³-hybridized carbons (Fsp3) is 0.706. The highest BCUT2D eigenvalue weighted by atomic mass is 14.7. The zero-order valence-electron chi connectivity index (χ0n) is 13.9. The lowest BCUT2D eigenvalue weighted by Gasteiger charge is -2.16. The molecule has 0 atom stereocenters. The van der Waals surface area contributed by atoms with E-state index in [1.807, 2.05) is 41.5 Å². The zero-order chi connectivity index (χ0) is 14.6. The predicted molar refractivity (Wildman–Crippen MR) is 84.4 cm³/mol. The van der Waals surface area contributed by atoms with Crippen LogP contribution in [0.15, 0.2) is 6.07 Å². The van der Waals surface area contributed by atoms with Crippen LogP contribution < -0.4 is 0 Å². The minimum absolute atomic E-state index is 1.19. The second-order valence-electron chi connectivity index (χ2n) is 3.70. The van der Waals surface area contributed by atoms with E-state index in [-0.39, 0.29) is 0 Å². The standard InChI is InChI=1S/C11H15N.3C2H6/c1-8-7-10-5-3-4-6-11(10)12-9(8)2;3*1-2/h7H,3-6H2,1-2H3;3*1-2H3. The minimum Gasteiger partial charge on any atom is -0.258 e. The second-order valence-corrected chi connectivity index (χ2v) is 3.70. The molecule has 0 saturated carbocycles. The highest BCUT2D eigenvalue weighted by molar-refractivity contribution is 5.30. The third kappa shape index (κ3) is 6.18. The summed E-state index contributed by atoms with van der Waals surface area (Å²) in [6.45, 7) is 16.3. The third-order valence-electron chi connectivity index (χ3n) is 2.74. The first-order valence-corrected chi connectivity index (χ1v) is 7.73. The van der Waals surface area contributed by atoms with Gasteiger partial charge in [0.1, 0.15) is 0 Å². The molecule has 0 radical (unpaired) electrons. The summed E-state index contributed by atoms with van der Waals surface area (Å²) in [4.78, 5) is 4.61. The van der Waals surface area contributed by atoms with Gasteiger partial charge >= 0.3 is 0 Å². The van der Waals surface area contributed by atoms with Crippen LogP contribution in [0.3, 0.4) is 0 Å². The van der Waals surface area contributed by atoms with E-state index in [1.54, 1.807) is 0 Å². The summed E-state index contributed by atoms with van der Waals surface area (Å²) in [7, 11) is 0. The summed E-state index contributed by atoms with van der Waals surface area (Å²) in [6, 6.07) is 2.32. The van der Waals surface area contributed by atoms with Gasteiger partial charge in [-0.25, -0.2) is 0 Å². The van der Waals surface area contributed by atoms with E-state index in [1.165, 1.54) is 48.2 Å². The average Bonchev–Trinajstić information content (AvgIpc) is 2.47. The van der Waals surface area contributed by atoms with E-state index in [9.17, 15) is 0 Å². The van der Waals surface area contributed by atoms with Crippen molar-refractivity contribution in [2.24, 2.45) is 0 Å². The van der Waals surface area contributed by atoms with Gasteiger partial charge in [0.25, 0.3) is 0 Å². The summed E-state index contributed by atoms with van der Waals surface area (Å²) in [5, 5.41) is 0. The lowest BCUT2D eigenvalue weighted by molar-refractivity contribution is 0.664. The number of aryl methyl sites for hydroxylation is 4. The number of fused-ring (bicyclic) bond motifs is 1. The summed E-state index contributed by atoms with van der Waals surface area (Å²) in [6.07, 6.45) is 5.10. The van der Waals surface area contributed by atoms with Crippen molar-refractivity contribution < 1.29 is 0 Å². The molecule has 106 valence electrons. The Hall–Kier alpha value is -0.850. The van der Waals surface area contributed by atoms with Crippen LogP contribution in [0.1, 0.15) is 76.9 Å². The van der Waals surface area contributed by atoms with Crippen molar-refractivity contribution in [1.82, 2.24) is 4.98 Å². The summed E-state index contributed by atoms with van der Waals surface area (Å²) >= 11 is 0. The molecule has 0 unspecified atom stereocenters. The second kappa shape index (κ2) is 12.6. The number of pyridine rings is 1. The number of hydrogen-bond acceptors (Lipinski definition) is 1. The molecular weight excluding hydrogens is 218 g/mol. The predicted octanol–water partition coefficient (Wildman–Crippen LogP) is 5.66. The Morgan fingerprint density at radius 3 is 1.89 bits per heavy atom. The van der Waals surface area contributed by atoms with Gasteiger partial charge in [0.2, 0.25) is 0 Å². The van der Waals surface area contributed by atoms with E-state index in [4.69, 9.17) is 0 Å². The van der Waals surface area contributed by atoms with E-state index in [0.717, 1.165) is 0 Å². The van der Waals surface area contributed by atoms with Gasteiger partial charge in [-0.1, -0.05) is 47.6 Å². The topological polar surface area (TPSA) is 12.9 Å².